The first kappa shape index (κ1) is 24.4. The molecular weight excluding hydrogens is 411 g/mol. The number of carbonyl (C=O) groups excluding carboxylic acids is 1. The zero-order valence-electron chi connectivity index (χ0n) is 18.8. The number of hydrogen-bond acceptors (Lipinski definition) is 4. The number of aliphatic carboxylic acids is 1. The van der Waals surface area contributed by atoms with Crippen LogP contribution in [0, 0.1) is 17.8 Å². The minimum atomic E-state index is -1.44. The van der Waals surface area contributed by atoms with Crippen molar-refractivity contribution in [3.05, 3.63) is 48.3 Å². The largest absolute Gasteiger partial charge is 0.481 e. The van der Waals surface area contributed by atoms with Crippen LogP contribution in [-0.4, -0.2) is 35.4 Å². The number of carboxylic acid groups (broad SMARTS) is 1. The summed E-state index contributed by atoms with van der Waals surface area (Å²) in [6, 6.07) is 0. The van der Waals surface area contributed by atoms with Gasteiger partial charge in [0.15, 0.2) is 12.0 Å². The number of hydrogen-bond donors (Lipinski definition) is 1. The Morgan fingerprint density at radius 1 is 1.31 bits per heavy atom. The quantitative estimate of drug-likeness (QED) is 0.237. The Hall–Kier alpha value is -2.21. The lowest BCUT2D eigenvalue weighted by molar-refractivity contribution is -0.137. The zero-order chi connectivity index (χ0) is 22.9. The SMILES string of the molecule is CCCCC(F)C(=O)/C=C/C1[C@H]2C/C(=C/CCCC(=O)O)C[C@H]2C[C@H]1O[C@H]1C=CC=CO1. The molecule has 0 saturated heterocycles. The van der Waals surface area contributed by atoms with Gasteiger partial charge in [0.2, 0.25) is 6.29 Å². The van der Waals surface area contributed by atoms with Gasteiger partial charge in [0, 0.05) is 12.3 Å². The fraction of sp³-hybridized carbons (Fsp3) is 0.615. The molecule has 0 amide bonds. The number of ketones is 1. The first-order chi connectivity index (χ1) is 15.5. The van der Waals surface area contributed by atoms with E-state index in [-0.39, 0.29) is 24.9 Å². The molecule has 0 aromatic heterocycles. The molecule has 1 aliphatic heterocycles. The van der Waals surface area contributed by atoms with Crippen molar-refractivity contribution >= 4 is 11.8 Å². The first-order valence-corrected chi connectivity index (χ1v) is 11.9. The van der Waals surface area contributed by atoms with Gasteiger partial charge >= 0.3 is 5.97 Å². The van der Waals surface area contributed by atoms with Crippen molar-refractivity contribution in [1.29, 1.82) is 0 Å². The smallest absolute Gasteiger partial charge is 0.303 e. The summed E-state index contributed by atoms with van der Waals surface area (Å²) in [6.07, 6.45) is 16.9. The van der Waals surface area contributed by atoms with Crippen molar-refractivity contribution in [2.45, 2.75) is 83.3 Å². The van der Waals surface area contributed by atoms with Crippen molar-refractivity contribution in [1.82, 2.24) is 0 Å². The Kier molecular flexibility index (Phi) is 9.27. The van der Waals surface area contributed by atoms with Crippen LogP contribution < -0.4 is 0 Å². The van der Waals surface area contributed by atoms with E-state index in [2.05, 4.69) is 6.08 Å². The number of alkyl halides is 1. The van der Waals surface area contributed by atoms with Crippen molar-refractivity contribution in [3.63, 3.8) is 0 Å². The molecule has 32 heavy (non-hydrogen) atoms. The van der Waals surface area contributed by atoms with E-state index in [0.29, 0.717) is 24.7 Å². The van der Waals surface area contributed by atoms with Gasteiger partial charge in [-0.25, -0.2) is 4.39 Å². The molecule has 0 aromatic carbocycles. The van der Waals surface area contributed by atoms with Crippen LogP contribution in [0.15, 0.2) is 48.3 Å². The molecular formula is C26H35FO5. The molecule has 2 unspecified atom stereocenters. The number of ether oxygens (including phenoxy) is 2. The third-order valence-corrected chi connectivity index (χ3v) is 6.70. The number of fused-ring (bicyclic) bond motifs is 1. The summed E-state index contributed by atoms with van der Waals surface area (Å²) >= 11 is 0. The van der Waals surface area contributed by atoms with Gasteiger partial charge in [0.1, 0.15) is 0 Å². The molecule has 1 N–H and O–H groups in total. The van der Waals surface area contributed by atoms with Crippen LogP contribution in [-0.2, 0) is 19.1 Å². The van der Waals surface area contributed by atoms with E-state index < -0.39 is 24.2 Å². The summed E-state index contributed by atoms with van der Waals surface area (Å²) < 4.78 is 25.9. The van der Waals surface area contributed by atoms with Crippen LogP contribution in [0.5, 0.6) is 0 Å². The maximum atomic E-state index is 14.2. The van der Waals surface area contributed by atoms with Gasteiger partial charge in [-0.2, -0.15) is 0 Å². The highest BCUT2D eigenvalue weighted by molar-refractivity contribution is 5.93. The van der Waals surface area contributed by atoms with Crippen LogP contribution >= 0.6 is 0 Å². The lowest BCUT2D eigenvalue weighted by atomic mass is 9.90. The molecule has 0 bridgehead atoms. The van der Waals surface area contributed by atoms with Gasteiger partial charge in [0.25, 0.3) is 0 Å². The normalized spacial score (nSPS) is 31.2. The fourth-order valence-corrected chi connectivity index (χ4v) is 5.07. The standard InChI is InChI=1S/C26H35FO5/c1-2-3-9-22(27)23(28)13-12-20-21-16-18(8-4-5-10-25(29)30)15-19(21)17-24(20)32-26-11-6-7-14-31-26/h6-8,11-14,19-22,24,26H,2-5,9-10,15-17H2,1H3,(H,29,30)/b13-12+,18-8+/t19-,20?,21-,22?,24+,26-/m0/s1. The van der Waals surface area contributed by atoms with Crippen LogP contribution in [0.1, 0.15) is 64.7 Å². The molecule has 0 aromatic rings. The number of allylic oxidation sites excluding steroid dienone is 5. The number of halogens is 1. The summed E-state index contributed by atoms with van der Waals surface area (Å²) in [5, 5.41) is 8.81. The molecule has 5 nitrogen and oxygen atoms in total. The molecule has 2 fully saturated rings. The Balaban J connectivity index is 1.65. The highest BCUT2D eigenvalue weighted by Crippen LogP contribution is 2.51. The van der Waals surface area contributed by atoms with Gasteiger partial charge in [-0.15, -0.1) is 0 Å². The van der Waals surface area contributed by atoms with Gasteiger partial charge in [-0.1, -0.05) is 43.6 Å². The van der Waals surface area contributed by atoms with Gasteiger partial charge < -0.3 is 14.6 Å². The van der Waals surface area contributed by atoms with Crippen LogP contribution in [0.4, 0.5) is 4.39 Å². The number of unbranched alkanes of at least 4 members (excludes halogenated alkanes) is 2. The molecule has 0 radical (unpaired) electrons. The van der Waals surface area contributed by atoms with E-state index in [0.717, 1.165) is 32.1 Å². The molecule has 2 aliphatic carbocycles. The van der Waals surface area contributed by atoms with E-state index in [1.54, 1.807) is 12.3 Å². The predicted molar refractivity (Wildman–Crippen MR) is 120 cm³/mol. The van der Waals surface area contributed by atoms with Gasteiger partial charge in [0.05, 0.1) is 12.4 Å². The molecule has 2 saturated carbocycles. The van der Waals surface area contributed by atoms with E-state index in [1.807, 2.05) is 25.2 Å². The minimum Gasteiger partial charge on any atom is -0.481 e. The van der Waals surface area contributed by atoms with Crippen molar-refractivity contribution < 1.29 is 28.6 Å². The zero-order valence-corrected chi connectivity index (χ0v) is 18.8. The second-order valence-electron chi connectivity index (χ2n) is 9.06. The molecule has 6 atom stereocenters. The van der Waals surface area contributed by atoms with Gasteiger partial charge in [-0.05, 0) is 68.6 Å². The van der Waals surface area contributed by atoms with Gasteiger partial charge in [-0.3, -0.25) is 9.59 Å². The second-order valence-corrected chi connectivity index (χ2v) is 9.06. The summed E-state index contributed by atoms with van der Waals surface area (Å²) in [4.78, 5) is 23.0. The summed E-state index contributed by atoms with van der Waals surface area (Å²) in [6.45, 7) is 1.98. The lowest BCUT2D eigenvalue weighted by Crippen LogP contribution is -2.27. The van der Waals surface area contributed by atoms with E-state index in [4.69, 9.17) is 14.6 Å². The average molecular weight is 447 g/mol. The van der Waals surface area contributed by atoms with E-state index in [9.17, 15) is 14.0 Å². The molecule has 6 heteroatoms. The third kappa shape index (κ3) is 6.89. The lowest BCUT2D eigenvalue weighted by Gasteiger charge is -2.25. The Bertz CT molecular complexity index is 768. The summed E-state index contributed by atoms with van der Waals surface area (Å²) in [5.74, 6) is -0.415. The highest BCUT2D eigenvalue weighted by Gasteiger charge is 2.47. The Morgan fingerprint density at radius 3 is 2.88 bits per heavy atom. The van der Waals surface area contributed by atoms with Crippen molar-refractivity contribution in [3.8, 4) is 0 Å². The maximum absolute atomic E-state index is 14.2. The first-order valence-electron chi connectivity index (χ1n) is 11.9. The fourth-order valence-electron chi connectivity index (χ4n) is 5.07. The number of rotatable bonds is 12. The molecule has 3 rings (SSSR count). The molecule has 0 spiro atoms. The highest BCUT2D eigenvalue weighted by atomic mass is 19.1. The summed E-state index contributed by atoms with van der Waals surface area (Å²) in [7, 11) is 0. The van der Waals surface area contributed by atoms with Crippen LogP contribution in [0.2, 0.25) is 0 Å². The maximum Gasteiger partial charge on any atom is 0.303 e. The Morgan fingerprint density at radius 2 is 2.16 bits per heavy atom. The molecule has 3 aliphatic rings. The average Bonchev–Trinajstić information content (AvgIpc) is 3.31. The monoisotopic (exact) mass is 446 g/mol. The third-order valence-electron chi connectivity index (χ3n) is 6.70. The topological polar surface area (TPSA) is 72.8 Å². The predicted octanol–water partition coefficient (Wildman–Crippen LogP) is 5.68. The molecule has 176 valence electrons. The van der Waals surface area contributed by atoms with E-state index >= 15 is 0 Å². The van der Waals surface area contributed by atoms with Crippen molar-refractivity contribution in [2.24, 2.45) is 17.8 Å². The number of carboxylic acids is 1. The van der Waals surface area contributed by atoms with E-state index in [1.165, 1.54) is 11.6 Å². The summed E-state index contributed by atoms with van der Waals surface area (Å²) in [5.41, 5.74) is 1.36. The van der Waals surface area contributed by atoms with Crippen LogP contribution in [0.3, 0.4) is 0 Å². The number of carbonyl (C=O) groups is 2. The Labute approximate surface area is 190 Å². The minimum absolute atomic E-state index is 0.0233. The van der Waals surface area contributed by atoms with Crippen LogP contribution in [0.25, 0.3) is 0 Å². The molecule has 1 heterocycles. The van der Waals surface area contributed by atoms with Crippen molar-refractivity contribution in [2.75, 3.05) is 0 Å². The second kappa shape index (κ2) is 12.1.